The molecule has 0 aromatic carbocycles. The third-order valence-electron chi connectivity index (χ3n) is 2.87. The summed E-state index contributed by atoms with van der Waals surface area (Å²) in [5.74, 6) is 0. The molecule has 6 N–H and O–H groups in total. The van der Waals surface area contributed by atoms with E-state index in [2.05, 4.69) is 6.07 Å². The summed E-state index contributed by atoms with van der Waals surface area (Å²) in [5, 5.41) is 8.39. The Labute approximate surface area is 99.2 Å². The summed E-state index contributed by atoms with van der Waals surface area (Å²) in [7, 11) is 0. The van der Waals surface area contributed by atoms with Gasteiger partial charge in [-0.3, -0.25) is 0 Å². The van der Waals surface area contributed by atoms with Gasteiger partial charge in [-0.1, -0.05) is 19.3 Å². The van der Waals surface area contributed by atoms with Crippen LogP contribution in [0.2, 0.25) is 0 Å². The van der Waals surface area contributed by atoms with Crippen LogP contribution < -0.4 is 17.2 Å². The third kappa shape index (κ3) is 8.66. The summed E-state index contributed by atoms with van der Waals surface area (Å²) in [6, 6.07) is 2.31. The average Bonchev–Trinajstić information content (AvgIpc) is 2.29. The Morgan fingerprint density at radius 2 is 1.44 bits per heavy atom. The van der Waals surface area contributed by atoms with Gasteiger partial charge in [0.25, 0.3) is 0 Å². The molecule has 0 rings (SSSR count). The van der Waals surface area contributed by atoms with Crippen molar-refractivity contribution in [2.24, 2.45) is 17.2 Å². The number of nitrogens with two attached hydrogens (primary N) is 3. The van der Waals surface area contributed by atoms with E-state index in [1.54, 1.807) is 0 Å². The normalized spacial score (nSPS) is 14.4. The first-order chi connectivity index (χ1) is 7.72. The number of nitriles is 1. The highest BCUT2D eigenvalue weighted by atomic mass is 14.8. The zero-order valence-electron chi connectivity index (χ0n) is 10.2. The van der Waals surface area contributed by atoms with Crippen LogP contribution in [0.15, 0.2) is 0 Å². The summed E-state index contributed by atoms with van der Waals surface area (Å²) >= 11 is 0. The second-order valence-corrected chi connectivity index (χ2v) is 4.37. The molecule has 0 fully saturated rings. The molecule has 2 unspecified atom stereocenters. The van der Waals surface area contributed by atoms with Crippen LogP contribution in [0.3, 0.4) is 0 Å². The molecule has 0 heterocycles. The topological polar surface area (TPSA) is 102 Å². The molecule has 94 valence electrons. The van der Waals surface area contributed by atoms with Crippen LogP contribution in [-0.4, -0.2) is 18.6 Å². The Hall–Kier alpha value is -0.630. The quantitative estimate of drug-likeness (QED) is 0.488. The lowest BCUT2D eigenvalue weighted by Crippen LogP contribution is -2.41. The maximum absolute atomic E-state index is 8.39. The van der Waals surface area contributed by atoms with Gasteiger partial charge in [0.2, 0.25) is 0 Å². The van der Waals surface area contributed by atoms with Gasteiger partial charge in [-0.2, -0.15) is 5.26 Å². The predicted molar refractivity (Wildman–Crippen MR) is 67.6 cm³/mol. The van der Waals surface area contributed by atoms with Crippen LogP contribution in [0.1, 0.15) is 51.4 Å². The van der Waals surface area contributed by atoms with E-state index in [4.69, 9.17) is 22.5 Å². The number of hydrogen-bond acceptors (Lipinski definition) is 4. The van der Waals surface area contributed by atoms with Gasteiger partial charge >= 0.3 is 0 Å². The van der Waals surface area contributed by atoms with Crippen molar-refractivity contribution in [1.82, 2.24) is 0 Å². The lowest BCUT2D eigenvalue weighted by Gasteiger charge is -2.19. The molecule has 0 aromatic heterocycles. The smallest absolute Gasteiger partial charge is 0.0621 e. The third-order valence-corrected chi connectivity index (χ3v) is 2.87. The van der Waals surface area contributed by atoms with Crippen LogP contribution in [-0.2, 0) is 0 Å². The van der Waals surface area contributed by atoms with Crippen LogP contribution in [0, 0.1) is 11.3 Å². The highest BCUT2D eigenvalue weighted by molar-refractivity contribution is 4.77. The standard InChI is InChI=1S/C12H26N4/c13-9-5-1-3-7-11(15)12(16)8-4-2-6-10-14/h11-12H,1-9,13,15-16H2. The molecule has 0 aromatic rings. The van der Waals surface area contributed by atoms with Crippen molar-refractivity contribution in [2.45, 2.75) is 63.5 Å². The SMILES string of the molecule is N#CCCCCC(N)C(N)CCCCCN. The summed E-state index contributed by atoms with van der Waals surface area (Å²) in [5.41, 5.74) is 17.4. The van der Waals surface area contributed by atoms with Crippen LogP contribution >= 0.6 is 0 Å². The van der Waals surface area contributed by atoms with Crippen molar-refractivity contribution >= 4 is 0 Å². The average molecular weight is 226 g/mol. The Morgan fingerprint density at radius 1 is 0.875 bits per heavy atom. The van der Waals surface area contributed by atoms with Crippen molar-refractivity contribution in [2.75, 3.05) is 6.54 Å². The van der Waals surface area contributed by atoms with Crippen molar-refractivity contribution in [1.29, 1.82) is 5.26 Å². The zero-order chi connectivity index (χ0) is 12.2. The highest BCUT2D eigenvalue weighted by Gasteiger charge is 2.11. The fourth-order valence-corrected chi connectivity index (χ4v) is 1.71. The monoisotopic (exact) mass is 226 g/mol. The Morgan fingerprint density at radius 3 is 1.94 bits per heavy atom. The van der Waals surface area contributed by atoms with Crippen molar-refractivity contribution in [3.63, 3.8) is 0 Å². The number of hydrogen-bond donors (Lipinski definition) is 3. The molecule has 16 heavy (non-hydrogen) atoms. The first-order valence-electron chi connectivity index (χ1n) is 6.30. The van der Waals surface area contributed by atoms with Gasteiger partial charge in [0.15, 0.2) is 0 Å². The van der Waals surface area contributed by atoms with Crippen LogP contribution in [0.4, 0.5) is 0 Å². The van der Waals surface area contributed by atoms with Crippen molar-refractivity contribution < 1.29 is 0 Å². The molecular weight excluding hydrogens is 200 g/mol. The molecule has 4 heteroatoms. The molecule has 0 amide bonds. The minimum absolute atomic E-state index is 0.0802. The van der Waals surface area contributed by atoms with E-state index in [1.165, 1.54) is 0 Å². The predicted octanol–water partition coefficient (Wildman–Crippen LogP) is 1.24. The van der Waals surface area contributed by atoms with E-state index >= 15 is 0 Å². The summed E-state index contributed by atoms with van der Waals surface area (Å²) in [6.45, 7) is 0.759. The first kappa shape index (κ1) is 15.4. The van der Waals surface area contributed by atoms with Gasteiger partial charge in [-0.15, -0.1) is 0 Å². The second kappa shape index (κ2) is 10.9. The number of nitrogens with zero attached hydrogens (tertiary/aromatic N) is 1. The van der Waals surface area contributed by atoms with Gasteiger partial charge < -0.3 is 17.2 Å². The molecule has 0 aliphatic carbocycles. The van der Waals surface area contributed by atoms with Gasteiger partial charge in [0.1, 0.15) is 0 Å². The van der Waals surface area contributed by atoms with Crippen LogP contribution in [0.5, 0.6) is 0 Å². The Balaban J connectivity index is 3.42. The maximum atomic E-state index is 8.39. The fraction of sp³-hybridized carbons (Fsp3) is 0.917. The molecule has 0 radical (unpaired) electrons. The van der Waals surface area contributed by atoms with E-state index in [1.807, 2.05) is 0 Å². The number of unbranched alkanes of at least 4 members (excludes halogenated alkanes) is 4. The molecule has 0 spiro atoms. The lowest BCUT2D eigenvalue weighted by atomic mass is 9.98. The van der Waals surface area contributed by atoms with E-state index < -0.39 is 0 Å². The van der Waals surface area contributed by atoms with Gasteiger partial charge in [0.05, 0.1) is 6.07 Å². The van der Waals surface area contributed by atoms with E-state index in [0.717, 1.165) is 51.5 Å². The van der Waals surface area contributed by atoms with Gasteiger partial charge in [0, 0.05) is 18.5 Å². The minimum Gasteiger partial charge on any atom is -0.330 e. The molecule has 4 nitrogen and oxygen atoms in total. The molecule has 0 aliphatic rings. The first-order valence-corrected chi connectivity index (χ1v) is 6.30. The molecule has 2 atom stereocenters. The van der Waals surface area contributed by atoms with E-state index in [9.17, 15) is 0 Å². The number of rotatable bonds is 10. The van der Waals surface area contributed by atoms with E-state index in [-0.39, 0.29) is 12.1 Å². The lowest BCUT2D eigenvalue weighted by molar-refractivity contribution is 0.438. The molecule has 0 saturated carbocycles. The molecule has 0 aliphatic heterocycles. The minimum atomic E-state index is 0.0802. The molecule has 0 saturated heterocycles. The van der Waals surface area contributed by atoms with E-state index in [0.29, 0.717) is 6.42 Å². The van der Waals surface area contributed by atoms with Gasteiger partial charge in [-0.05, 0) is 32.2 Å². The fourth-order valence-electron chi connectivity index (χ4n) is 1.71. The molecular formula is C12H26N4. The largest absolute Gasteiger partial charge is 0.330 e. The second-order valence-electron chi connectivity index (χ2n) is 4.37. The summed E-state index contributed by atoms with van der Waals surface area (Å²) < 4.78 is 0. The van der Waals surface area contributed by atoms with Crippen LogP contribution in [0.25, 0.3) is 0 Å². The molecule has 0 bridgehead atoms. The Kier molecular flexibility index (Phi) is 10.4. The Bertz CT molecular complexity index is 188. The maximum Gasteiger partial charge on any atom is 0.0621 e. The zero-order valence-corrected chi connectivity index (χ0v) is 10.2. The van der Waals surface area contributed by atoms with Crippen molar-refractivity contribution in [3.05, 3.63) is 0 Å². The summed E-state index contributed by atoms with van der Waals surface area (Å²) in [4.78, 5) is 0. The highest BCUT2D eigenvalue weighted by Crippen LogP contribution is 2.09. The van der Waals surface area contributed by atoms with Crippen molar-refractivity contribution in [3.8, 4) is 6.07 Å². The summed E-state index contributed by atoms with van der Waals surface area (Å²) in [6.07, 6.45) is 7.81. The van der Waals surface area contributed by atoms with Gasteiger partial charge in [-0.25, -0.2) is 0 Å².